The summed E-state index contributed by atoms with van der Waals surface area (Å²) in [5.41, 5.74) is 5.15. The molecule has 4 amide bonds. The number of hydrazine groups is 1. The Labute approximate surface area is 119 Å². The summed E-state index contributed by atoms with van der Waals surface area (Å²) in [6.45, 7) is 0. The van der Waals surface area contributed by atoms with Crippen LogP contribution >= 0.6 is 11.8 Å². The van der Waals surface area contributed by atoms with Gasteiger partial charge in [0.1, 0.15) is 0 Å². The van der Waals surface area contributed by atoms with Gasteiger partial charge in [0.2, 0.25) is 11.8 Å². The molecule has 1 heterocycles. The maximum absolute atomic E-state index is 11.9. The minimum Gasteiger partial charge on any atom is -0.340 e. The van der Waals surface area contributed by atoms with Crippen LogP contribution in [0.4, 0.5) is 10.5 Å². The van der Waals surface area contributed by atoms with Crippen molar-refractivity contribution < 1.29 is 14.4 Å². The summed E-state index contributed by atoms with van der Waals surface area (Å²) < 4.78 is 0. The molecule has 1 unspecified atom stereocenters. The molecule has 1 atom stereocenters. The molecule has 2 rings (SSSR count). The molecule has 1 aliphatic rings. The molecule has 0 spiro atoms. The number of fused-ring (bicyclic) bond motifs is 1. The van der Waals surface area contributed by atoms with Crippen LogP contribution in [0.5, 0.6) is 0 Å². The van der Waals surface area contributed by atoms with Crippen molar-refractivity contribution in [2.75, 3.05) is 12.4 Å². The molecule has 8 heteroatoms. The van der Waals surface area contributed by atoms with Crippen LogP contribution in [-0.4, -0.2) is 30.1 Å². The summed E-state index contributed by atoms with van der Waals surface area (Å²) >= 11 is 1.33. The van der Waals surface area contributed by atoms with Crippen LogP contribution in [0.3, 0.4) is 0 Å². The average molecular weight is 294 g/mol. The van der Waals surface area contributed by atoms with Crippen molar-refractivity contribution in [3.05, 3.63) is 24.3 Å². The molecular weight excluding hydrogens is 280 g/mol. The Morgan fingerprint density at radius 2 is 2.05 bits per heavy atom. The van der Waals surface area contributed by atoms with Gasteiger partial charge in [-0.1, -0.05) is 12.1 Å². The number of thioether (sulfide) groups is 1. The lowest BCUT2D eigenvalue weighted by atomic mass is 10.2. The molecule has 20 heavy (non-hydrogen) atoms. The first kappa shape index (κ1) is 14.2. The summed E-state index contributed by atoms with van der Waals surface area (Å²) in [5, 5.41) is 4.53. The van der Waals surface area contributed by atoms with Gasteiger partial charge in [-0.2, -0.15) is 0 Å². The van der Waals surface area contributed by atoms with E-state index in [1.54, 1.807) is 0 Å². The fraction of sp³-hybridized carbons (Fsp3) is 0.250. The van der Waals surface area contributed by atoms with E-state index in [1.165, 1.54) is 18.8 Å². The van der Waals surface area contributed by atoms with Gasteiger partial charge in [0.05, 0.1) is 10.9 Å². The minimum absolute atomic E-state index is 0.0190. The molecule has 4 N–H and O–H groups in total. The zero-order chi connectivity index (χ0) is 14.5. The number of urea groups is 1. The molecule has 0 aliphatic carbocycles. The number of hydrogen-bond donors (Lipinski definition) is 4. The Balaban J connectivity index is 1.92. The average Bonchev–Trinajstić information content (AvgIpc) is 2.45. The highest BCUT2D eigenvalue weighted by Crippen LogP contribution is 2.36. The van der Waals surface area contributed by atoms with Gasteiger partial charge in [-0.3, -0.25) is 15.0 Å². The second-order valence-corrected chi connectivity index (χ2v) is 5.29. The first-order valence-electron chi connectivity index (χ1n) is 5.93. The van der Waals surface area contributed by atoms with E-state index in [0.29, 0.717) is 0 Å². The Morgan fingerprint density at radius 3 is 2.80 bits per heavy atom. The number of amides is 4. The Morgan fingerprint density at radius 1 is 1.30 bits per heavy atom. The van der Waals surface area contributed by atoms with Gasteiger partial charge in [0, 0.05) is 18.4 Å². The van der Waals surface area contributed by atoms with Crippen LogP contribution in [0.2, 0.25) is 0 Å². The number of hydrogen-bond acceptors (Lipinski definition) is 4. The third-order valence-electron chi connectivity index (χ3n) is 2.62. The highest BCUT2D eigenvalue weighted by Gasteiger charge is 2.28. The highest BCUT2D eigenvalue weighted by molar-refractivity contribution is 8.01. The first-order chi connectivity index (χ1) is 9.60. The second-order valence-electron chi connectivity index (χ2n) is 4.05. The van der Waals surface area contributed by atoms with Crippen molar-refractivity contribution >= 4 is 35.3 Å². The number of para-hydroxylation sites is 1. The zero-order valence-corrected chi connectivity index (χ0v) is 11.5. The Kier molecular flexibility index (Phi) is 4.46. The van der Waals surface area contributed by atoms with Crippen LogP contribution in [0.1, 0.15) is 6.42 Å². The molecule has 1 aromatic carbocycles. The van der Waals surface area contributed by atoms with E-state index in [-0.39, 0.29) is 12.3 Å². The van der Waals surface area contributed by atoms with E-state index < -0.39 is 17.2 Å². The Hall–Kier alpha value is -2.22. The topological polar surface area (TPSA) is 99.3 Å². The number of rotatable bonds is 2. The molecule has 0 fully saturated rings. The second kappa shape index (κ2) is 6.29. The lowest BCUT2D eigenvalue weighted by Crippen LogP contribution is -2.47. The fourth-order valence-corrected chi connectivity index (χ4v) is 2.75. The molecule has 1 aromatic rings. The van der Waals surface area contributed by atoms with Crippen LogP contribution in [-0.2, 0) is 9.59 Å². The van der Waals surface area contributed by atoms with Gasteiger partial charge >= 0.3 is 6.03 Å². The third kappa shape index (κ3) is 3.41. The zero-order valence-electron chi connectivity index (χ0n) is 10.7. The van der Waals surface area contributed by atoms with Crippen LogP contribution in [0, 0.1) is 0 Å². The summed E-state index contributed by atoms with van der Waals surface area (Å²) in [6, 6.07) is 6.87. The first-order valence-corrected chi connectivity index (χ1v) is 6.81. The summed E-state index contributed by atoms with van der Waals surface area (Å²) in [6.07, 6.45) is -0.0190. The van der Waals surface area contributed by atoms with E-state index in [9.17, 15) is 14.4 Å². The number of carbonyl (C=O) groups is 3. The molecule has 0 saturated carbocycles. The summed E-state index contributed by atoms with van der Waals surface area (Å²) in [4.78, 5) is 35.4. The normalized spacial score (nSPS) is 16.6. The van der Waals surface area contributed by atoms with Crippen molar-refractivity contribution in [1.29, 1.82) is 0 Å². The molecule has 0 bridgehead atoms. The van der Waals surface area contributed by atoms with E-state index in [1.807, 2.05) is 24.3 Å². The summed E-state index contributed by atoms with van der Waals surface area (Å²) in [5.74, 6) is -0.649. The maximum Gasteiger partial charge on any atom is 0.333 e. The number of benzene rings is 1. The van der Waals surface area contributed by atoms with Gasteiger partial charge in [-0.15, -0.1) is 11.8 Å². The predicted octanol–water partition coefficient (Wildman–Crippen LogP) is 0.450. The maximum atomic E-state index is 11.9. The monoisotopic (exact) mass is 294 g/mol. The van der Waals surface area contributed by atoms with Crippen molar-refractivity contribution in [3.8, 4) is 0 Å². The van der Waals surface area contributed by atoms with Crippen LogP contribution in [0.25, 0.3) is 0 Å². The molecule has 0 radical (unpaired) electrons. The van der Waals surface area contributed by atoms with Gasteiger partial charge in [-0.05, 0) is 12.1 Å². The smallest absolute Gasteiger partial charge is 0.333 e. The van der Waals surface area contributed by atoms with E-state index in [4.69, 9.17) is 0 Å². The van der Waals surface area contributed by atoms with Gasteiger partial charge in [0.25, 0.3) is 0 Å². The number of carbonyl (C=O) groups excluding carboxylic acids is 3. The molecule has 7 nitrogen and oxygen atoms in total. The fourth-order valence-electron chi connectivity index (χ4n) is 1.64. The van der Waals surface area contributed by atoms with Gasteiger partial charge < -0.3 is 10.6 Å². The number of anilines is 1. The molecule has 1 aliphatic heterocycles. The largest absolute Gasteiger partial charge is 0.340 e. The van der Waals surface area contributed by atoms with Crippen molar-refractivity contribution in [1.82, 2.24) is 16.2 Å². The lowest BCUT2D eigenvalue weighted by molar-refractivity contribution is -0.124. The SMILES string of the molecule is CNC(=O)NNC(=O)CC1Sc2ccccc2NC1=O. The van der Waals surface area contributed by atoms with E-state index >= 15 is 0 Å². The predicted molar refractivity (Wildman–Crippen MR) is 75.1 cm³/mol. The van der Waals surface area contributed by atoms with Crippen molar-refractivity contribution in [3.63, 3.8) is 0 Å². The van der Waals surface area contributed by atoms with Crippen molar-refractivity contribution in [2.45, 2.75) is 16.6 Å². The van der Waals surface area contributed by atoms with E-state index in [0.717, 1.165) is 10.6 Å². The van der Waals surface area contributed by atoms with Crippen LogP contribution in [0.15, 0.2) is 29.2 Å². The molecular formula is C12H14N4O3S. The molecule has 0 saturated heterocycles. The number of nitrogens with one attached hydrogen (secondary N) is 4. The van der Waals surface area contributed by atoms with Gasteiger partial charge in [0.15, 0.2) is 0 Å². The van der Waals surface area contributed by atoms with Gasteiger partial charge in [-0.25, -0.2) is 10.2 Å². The van der Waals surface area contributed by atoms with E-state index in [2.05, 4.69) is 21.5 Å². The van der Waals surface area contributed by atoms with Crippen molar-refractivity contribution in [2.24, 2.45) is 0 Å². The molecule has 106 valence electrons. The molecule has 0 aromatic heterocycles. The lowest BCUT2D eigenvalue weighted by Gasteiger charge is -2.23. The Bertz CT molecular complexity index is 549. The standard InChI is InChI=1S/C12H14N4O3S/c1-13-12(19)16-15-10(17)6-9-11(18)14-7-4-2-3-5-8(7)20-9/h2-5,9H,6H2,1H3,(H,14,18)(H,15,17)(H2,13,16,19). The minimum atomic E-state index is -0.524. The highest BCUT2D eigenvalue weighted by atomic mass is 32.2. The quantitative estimate of drug-likeness (QED) is 0.595. The third-order valence-corrected chi connectivity index (χ3v) is 3.90. The summed E-state index contributed by atoms with van der Waals surface area (Å²) in [7, 11) is 1.43. The van der Waals surface area contributed by atoms with Crippen LogP contribution < -0.4 is 21.5 Å².